The molecule has 182 valence electrons. The molecule has 0 aliphatic rings. The topological polar surface area (TPSA) is 231 Å². The molecule has 0 saturated heterocycles. The van der Waals surface area contributed by atoms with Crippen molar-refractivity contribution in [2.75, 3.05) is 0 Å². The van der Waals surface area contributed by atoms with E-state index >= 15 is 0 Å². The standard InChI is InChI=1S/C19H33N5O8/c1-5-9(4)14(21)17(29)22-10(6-12(20)25)16(28)24-15(8(2)3)18(30)23-11(19(31)32)7-13(26)27/h8-11,14-15H,5-7,21H2,1-4H3,(H2,20,25)(H,22,29)(H,23,30)(H,24,28)(H,26,27)(H,31,32). The number of carboxylic acids is 2. The molecule has 0 aromatic heterocycles. The third-order valence-corrected chi connectivity index (χ3v) is 4.84. The average molecular weight is 460 g/mol. The van der Waals surface area contributed by atoms with E-state index in [1.807, 2.05) is 6.92 Å². The van der Waals surface area contributed by atoms with Crippen molar-refractivity contribution in [1.82, 2.24) is 16.0 Å². The lowest BCUT2D eigenvalue weighted by molar-refractivity contribution is -0.147. The second-order valence-corrected chi connectivity index (χ2v) is 7.87. The Morgan fingerprint density at radius 1 is 0.812 bits per heavy atom. The van der Waals surface area contributed by atoms with E-state index in [0.717, 1.165) is 0 Å². The molecule has 0 aromatic rings. The molecule has 5 unspecified atom stereocenters. The molecule has 0 bridgehead atoms. The minimum absolute atomic E-state index is 0.205. The number of carboxylic acid groups (broad SMARTS) is 2. The predicted molar refractivity (Wildman–Crippen MR) is 112 cm³/mol. The van der Waals surface area contributed by atoms with E-state index in [9.17, 15) is 28.8 Å². The maximum atomic E-state index is 12.7. The number of nitrogens with two attached hydrogens (primary N) is 2. The van der Waals surface area contributed by atoms with E-state index in [1.54, 1.807) is 20.8 Å². The van der Waals surface area contributed by atoms with Gasteiger partial charge >= 0.3 is 11.9 Å². The van der Waals surface area contributed by atoms with Crippen LogP contribution in [0.1, 0.15) is 47.0 Å². The van der Waals surface area contributed by atoms with Gasteiger partial charge in [-0.25, -0.2) is 4.79 Å². The first-order chi connectivity index (χ1) is 14.7. The zero-order valence-corrected chi connectivity index (χ0v) is 18.6. The number of hydrogen-bond acceptors (Lipinski definition) is 7. The molecule has 0 rings (SSSR count). The number of hydrogen-bond donors (Lipinski definition) is 7. The lowest BCUT2D eigenvalue weighted by Gasteiger charge is -2.27. The molecule has 0 heterocycles. The maximum absolute atomic E-state index is 12.7. The molecule has 4 amide bonds. The molecule has 0 aliphatic carbocycles. The van der Waals surface area contributed by atoms with Crippen molar-refractivity contribution in [1.29, 1.82) is 0 Å². The summed E-state index contributed by atoms with van der Waals surface area (Å²) in [5.74, 6) is -7.18. The first kappa shape index (κ1) is 28.8. The third kappa shape index (κ3) is 9.73. The highest BCUT2D eigenvalue weighted by Crippen LogP contribution is 2.08. The summed E-state index contributed by atoms with van der Waals surface area (Å²) in [6.07, 6.45) is -0.834. The Hall–Kier alpha value is -3.22. The van der Waals surface area contributed by atoms with Gasteiger partial charge in [0.05, 0.1) is 18.9 Å². The van der Waals surface area contributed by atoms with Gasteiger partial charge in [0.25, 0.3) is 0 Å². The van der Waals surface area contributed by atoms with Gasteiger partial charge < -0.3 is 37.6 Å². The molecular weight excluding hydrogens is 426 g/mol. The highest BCUT2D eigenvalue weighted by Gasteiger charge is 2.33. The Kier molecular flexibility index (Phi) is 11.9. The largest absolute Gasteiger partial charge is 0.481 e. The highest BCUT2D eigenvalue weighted by atomic mass is 16.4. The highest BCUT2D eigenvalue weighted by molar-refractivity contribution is 5.96. The van der Waals surface area contributed by atoms with Crippen molar-refractivity contribution in [3.05, 3.63) is 0 Å². The van der Waals surface area contributed by atoms with Gasteiger partial charge in [-0.2, -0.15) is 0 Å². The van der Waals surface area contributed by atoms with Crippen LogP contribution in [0.15, 0.2) is 0 Å². The second-order valence-electron chi connectivity index (χ2n) is 7.87. The van der Waals surface area contributed by atoms with Gasteiger partial charge in [0, 0.05) is 0 Å². The molecule has 0 radical (unpaired) electrons. The average Bonchev–Trinajstić information content (AvgIpc) is 2.68. The van der Waals surface area contributed by atoms with Crippen LogP contribution >= 0.6 is 0 Å². The molecular formula is C19H33N5O8. The zero-order chi connectivity index (χ0) is 25.2. The van der Waals surface area contributed by atoms with E-state index in [2.05, 4.69) is 16.0 Å². The molecule has 0 aliphatic heterocycles. The summed E-state index contributed by atoms with van der Waals surface area (Å²) >= 11 is 0. The summed E-state index contributed by atoms with van der Waals surface area (Å²) in [4.78, 5) is 71.0. The molecule has 0 fully saturated rings. The summed E-state index contributed by atoms with van der Waals surface area (Å²) < 4.78 is 0. The number of rotatable bonds is 14. The summed E-state index contributed by atoms with van der Waals surface area (Å²) in [5.41, 5.74) is 11.0. The van der Waals surface area contributed by atoms with E-state index in [0.29, 0.717) is 6.42 Å². The number of nitrogens with one attached hydrogen (secondary N) is 3. The van der Waals surface area contributed by atoms with Gasteiger partial charge in [0.15, 0.2) is 0 Å². The fraction of sp³-hybridized carbons (Fsp3) is 0.684. The van der Waals surface area contributed by atoms with Crippen molar-refractivity contribution in [2.45, 2.75) is 71.1 Å². The fourth-order valence-corrected chi connectivity index (χ4v) is 2.62. The molecule has 0 spiro atoms. The van der Waals surface area contributed by atoms with Crippen LogP contribution in [0, 0.1) is 11.8 Å². The number of primary amides is 1. The van der Waals surface area contributed by atoms with Crippen molar-refractivity contribution >= 4 is 35.6 Å². The van der Waals surface area contributed by atoms with E-state index in [1.165, 1.54) is 0 Å². The van der Waals surface area contributed by atoms with Crippen LogP contribution in [0.2, 0.25) is 0 Å². The van der Waals surface area contributed by atoms with Crippen LogP contribution in [0.3, 0.4) is 0 Å². The van der Waals surface area contributed by atoms with Gasteiger partial charge in [-0.05, 0) is 11.8 Å². The molecule has 0 aromatic carbocycles. The lowest BCUT2D eigenvalue weighted by atomic mass is 9.98. The van der Waals surface area contributed by atoms with Gasteiger partial charge in [0.2, 0.25) is 23.6 Å². The Balaban J connectivity index is 5.50. The first-order valence-corrected chi connectivity index (χ1v) is 10.1. The minimum atomic E-state index is -1.71. The van der Waals surface area contributed by atoms with Gasteiger partial charge in [-0.3, -0.25) is 24.0 Å². The minimum Gasteiger partial charge on any atom is -0.481 e. The number of aliphatic carboxylic acids is 2. The van der Waals surface area contributed by atoms with Crippen LogP contribution in [0.5, 0.6) is 0 Å². The SMILES string of the molecule is CCC(C)C(N)C(=O)NC(CC(N)=O)C(=O)NC(C(=O)NC(CC(=O)O)C(=O)O)C(C)C. The maximum Gasteiger partial charge on any atom is 0.326 e. The monoisotopic (exact) mass is 459 g/mol. The van der Waals surface area contributed by atoms with Crippen LogP contribution in [0.4, 0.5) is 0 Å². The molecule has 5 atom stereocenters. The Morgan fingerprint density at radius 3 is 1.75 bits per heavy atom. The van der Waals surface area contributed by atoms with Crippen molar-refractivity contribution in [2.24, 2.45) is 23.3 Å². The molecule has 13 nitrogen and oxygen atoms in total. The Labute approximate surface area is 185 Å². The second kappa shape index (κ2) is 13.2. The van der Waals surface area contributed by atoms with Crippen LogP contribution in [0.25, 0.3) is 0 Å². The summed E-state index contributed by atoms with van der Waals surface area (Å²) in [5, 5.41) is 24.7. The van der Waals surface area contributed by atoms with Crippen LogP contribution < -0.4 is 27.4 Å². The van der Waals surface area contributed by atoms with E-state index < -0.39 is 78.5 Å². The predicted octanol–water partition coefficient (Wildman–Crippen LogP) is -2.10. The van der Waals surface area contributed by atoms with Crippen molar-refractivity contribution in [3.63, 3.8) is 0 Å². The van der Waals surface area contributed by atoms with Gasteiger partial charge in [-0.1, -0.05) is 34.1 Å². The molecule has 0 saturated carbocycles. The summed E-state index contributed by atoms with van der Waals surface area (Å²) in [7, 11) is 0. The Morgan fingerprint density at radius 2 is 1.34 bits per heavy atom. The summed E-state index contributed by atoms with van der Waals surface area (Å²) in [6.45, 7) is 6.67. The van der Waals surface area contributed by atoms with Crippen molar-refractivity contribution < 1.29 is 39.0 Å². The Bertz CT molecular complexity index is 727. The summed E-state index contributed by atoms with van der Waals surface area (Å²) in [6, 6.07) is -5.36. The zero-order valence-electron chi connectivity index (χ0n) is 18.6. The quantitative estimate of drug-likeness (QED) is 0.151. The first-order valence-electron chi connectivity index (χ1n) is 10.1. The lowest BCUT2D eigenvalue weighted by Crippen LogP contribution is -2.59. The third-order valence-electron chi connectivity index (χ3n) is 4.84. The molecule has 13 heteroatoms. The van der Waals surface area contributed by atoms with E-state index in [4.69, 9.17) is 21.7 Å². The van der Waals surface area contributed by atoms with E-state index in [-0.39, 0.29) is 5.92 Å². The fourth-order valence-electron chi connectivity index (χ4n) is 2.62. The van der Waals surface area contributed by atoms with Crippen LogP contribution in [-0.4, -0.2) is 69.9 Å². The van der Waals surface area contributed by atoms with Crippen LogP contribution in [-0.2, 0) is 28.8 Å². The van der Waals surface area contributed by atoms with Gasteiger partial charge in [0.1, 0.15) is 18.1 Å². The normalized spacial score (nSPS) is 15.6. The van der Waals surface area contributed by atoms with Crippen molar-refractivity contribution in [3.8, 4) is 0 Å². The molecule has 9 N–H and O–H groups in total. The smallest absolute Gasteiger partial charge is 0.326 e. The number of carbonyl (C=O) groups is 6. The number of carbonyl (C=O) groups excluding carboxylic acids is 4. The number of amides is 4. The van der Waals surface area contributed by atoms with Gasteiger partial charge in [-0.15, -0.1) is 0 Å². The molecule has 32 heavy (non-hydrogen) atoms.